The second-order valence-corrected chi connectivity index (χ2v) is 4.16. The van der Waals surface area contributed by atoms with Crippen LogP contribution in [0.5, 0.6) is 0 Å². The van der Waals surface area contributed by atoms with E-state index in [4.69, 9.17) is 0 Å². The minimum absolute atomic E-state index is 0.0548. The number of pyridine rings is 1. The highest BCUT2D eigenvalue weighted by molar-refractivity contribution is 5.60. The number of hydrogen-bond donors (Lipinski definition) is 2. The van der Waals surface area contributed by atoms with Crippen LogP contribution >= 0.6 is 0 Å². The second kappa shape index (κ2) is 6.00. The SMILES string of the molecule is CCNc1ccc([N+](=O)[O-])c(NCc2nccn2C)n1. The highest BCUT2D eigenvalue weighted by Gasteiger charge is 2.16. The van der Waals surface area contributed by atoms with Gasteiger partial charge in [0.05, 0.1) is 11.5 Å². The number of aryl methyl sites for hydroxylation is 1. The summed E-state index contributed by atoms with van der Waals surface area (Å²) >= 11 is 0. The number of imidazole rings is 1. The topological polar surface area (TPSA) is 97.9 Å². The van der Waals surface area contributed by atoms with E-state index in [0.717, 1.165) is 5.82 Å². The van der Waals surface area contributed by atoms with E-state index in [1.165, 1.54) is 6.07 Å². The molecule has 2 rings (SSSR count). The van der Waals surface area contributed by atoms with E-state index in [2.05, 4.69) is 20.6 Å². The van der Waals surface area contributed by atoms with Gasteiger partial charge in [0.25, 0.3) is 0 Å². The Morgan fingerprint density at radius 1 is 1.40 bits per heavy atom. The van der Waals surface area contributed by atoms with Crippen molar-refractivity contribution in [3.63, 3.8) is 0 Å². The number of nitrogens with one attached hydrogen (secondary N) is 2. The molecule has 0 amide bonds. The van der Waals surface area contributed by atoms with Crippen LogP contribution in [0.15, 0.2) is 24.5 Å². The van der Waals surface area contributed by atoms with Gasteiger partial charge in [-0.25, -0.2) is 9.97 Å². The summed E-state index contributed by atoms with van der Waals surface area (Å²) in [5, 5.41) is 17.0. The largest absolute Gasteiger partial charge is 0.370 e. The molecule has 0 atom stereocenters. The molecule has 0 saturated carbocycles. The van der Waals surface area contributed by atoms with Crippen LogP contribution in [-0.2, 0) is 13.6 Å². The molecule has 0 aliphatic rings. The van der Waals surface area contributed by atoms with Gasteiger partial charge < -0.3 is 15.2 Å². The Labute approximate surface area is 116 Å². The average molecular weight is 276 g/mol. The van der Waals surface area contributed by atoms with Crippen LogP contribution in [0.25, 0.3) is 0 Å². The average Bonchev–Trinajstić information content (AvgIpc) is 2.82. The number of rotatable bonds is 6. The molecule has 20 heavy (non-hydrogen) atoms. The van der Waals surface area contributed by atoms with Crippen molar-refractivity contribution in [3.8, 4) is 0 Å². The lowest BCUT2D eigenvalue weighted by molar-refractivity contribution is -0.384. The van der Waals surface area contributed by atoms with E-state index in [-0.39, 0.29) is 11.5 Å². The lowest BCUT2D eigenvalue weighted by Gasteiger charge is -2.08. The standard InChI is InChI=1S/C12H16N6O2/c1-3-13-10-5-4-9(18(19)20)12(16-10)15-8-11-14-6-7-17(11)2/h4-7H,3,8H2,1-2H3,(H2,13,15,16). The molecule has 8 heteroatoms. The molecule has 0 aliphatic carbocycles. The highest BCUT2D eigenvalue weighted by Crippen LogP contribution is 2.24. The number of nitro groups is 1. The van der Waals surface area contributed by atoms with Crippen LogP contribution in [-0.4, -0.2) is 26.0 Å². The molecular weight excluding hydrogens is 260 g/mol. The van der Waals surface area contributed by atoms with Gasteiger partial charge in [-0.15, -0.1) is 0 Å². The van der Waals surface area contributed by atoms with E-state index in [9.17, 15) is 10.1 Å². The summed E-state index contributed by atoms with van der Waals surface area (Å²) in [6.45, 7) is 3.00. The van der Waals surface area contributed by atoms with Gasteiger partial charge in [0, 0.05) is 32.1 Å². The Bertz CT molecular complexity index is 610. The first-order valence-corrected chi connectivity index (χ1v) is 6.21. The maximum Gasteiger partial charge on any atom is 0.311 e. The molecular formula is C12H16N6O2. The molecule has 0 bridgehead atoms. The highest BCUT2D eigenvalue weighted by atomic mass is 16.6. The van der Waals surface area contributed by atoms with Gasteiger partial charge in [-0.05, 0) is 13.0 Å². The summed E-state index contributed by atoms with van der Waals surface area (Å²) in [6, 6.07) is 3.03. The van der Waals surface area contributed by atoms with Crippen molar-refractivity contribution in [1.29, 1.82) is 0 Å². The molecule has 106 valence electrons. The van der Waals surface area contributed by atoms with Crippen molar-refractivity contribution in [2.75, 3.05) is 17.2 Å². The quantitative estimate of drug-likeness (QED) is 0.616. The zero-order valence-corrected chi connectivity index (χ0v) is 11.3. The van der Waals surface area contributed by atoms with Crippen LogP contribution < -0.4 is 10.6 Å². The minimum atomic E-state index is -0.455. The van der Waals surface area contributed by atoms with E-state index < -0.39 is 4.92 Å². The Balaban J connectivity index is 2.21. The van der Waals surface area contributed by atoms with Crippen molar-refractivity contribution in [2.24, 2.45) is 7.05 Å². The summed E-state index contributed by atoms with van der Waals surface area (Å²) in [7, 11) is 1.86. The van der Waals surface area contributed by atoms with E-state index in [1.807, 2.05) is 24.7 Å². The molecule has 0 radical (unpaired) electrons. The number of anilines is 2. The van der Waals surface area contributed by atoms with Crippen LogP contribution in [0, 0.1) is 10.1 Å². The molecule has 0 spiro atoms. The van der Waals surface area contributed by atoms with Crippen LogP contribution in [0.4, 0.5) is 17.3 Å². The van der Waals surface area contributed by atoms with Crippen molar-refractivity contribution in [3.05, 3.63) is 40.5 Å². The van der Waals surface area contributed by atoms with E-state index in [1.54, 1.807) is 12.3 Å². The third-order valence-corrected chi connectivity index (χ3v) is 2.76. The number of nitrogens with zero attached hydrogens (tertiary/aromatic N) is 4. The molecule has 2 aromatic heterocycles. The zero-order valence-electron chi connectivity index (χ0n) is 11.3. The summed E-state index contributed by atoms with van der Waals surface area (Å²) in [4.78, 5) is 18.9. The summed E-state index contributed by atoms with van der Waals surface area (Å²) in [6.07, 6.45) is 3.49. The molecule has 0 unspecified atom stereocenters. The summed E-state index contributed by atoms with van der Waals surface area (Å²) in [5.74, 6) is 1.60. The minimum Gasteiger partial charge on any atom is -0.370 e. The van der Waals surface area contributed by atoms with Gasteiger partial charge in [0.2, 0.25) is 5.82 Å². The summed E-state index contributed by atoms with van der Waals surface area (Å²) < 4.78 is 1.84. The van der Waals surface area contributed by atoms with Gasteiger partial charge in [0.15, 0.2) is 0 Å². The fourth-order valence-corrected chi connectivity index (χ4v) is 1.74. The second-order valence-electron chi connectivity index (χ2n) is 4.16. The van der Waals surface area contributed by atoms with Gasteiger partial charge in [-0.1, -0.05) is 0 Å². The van der Waals surface area contributed by atoms with E-state index in [0.29, 0.717) is 18.9 Å². The molecule has 2 N–H and O–H groups in total. The molecule has 0 aromatic carbocycles. The van der Waals surface area contributed by atoms with Gasteiger partial charge in [0.1, 0.15) is 11.6 Å². The fourth-order valence-electron chi connectivity index (χ4n) is 1.74. The van der Waals surface area contributed by atoms with Crippen molar-refractivity contribution in [1.82, 2.24) is 14.5 Å². The molecule has 8 nitrogen and oxygen atoms in total. The molecule has 2 aromatic rings. The first-order valence-electron chi connectivity index (χ1n) is 6.21. The van der Waals surface area contributed by atoms with E-state index >= 15 is 0 Å². The fraction of sp³-hybridized carbons (Fsp3) is 0.333. The lowest BCUT2D eigenvalue weighted by Crippen LogP contribution is -2.10. The van der Waals surface area contributed by atoms with Crippen molar-refractivity contribution >= 4 is 17.3 Å². The monoisotopic (exact) mass is 276 g/mol. The van der Waals surface area contributed by atoms with Gasteiger partial charge in [-0.3, -0.25) is 10.1 Å². The van der Waals surface area contributed by atoms with Gasteiger partial charge in [-0.2, -0.15) is 0 Å². The predicted octanol–water partition coefficient (Wildman–Crippen LogP) is 1.77. The Morgan fingerprint density at radius 2 is 2.20 bits per heavy atom. The predicted molar refractivity (Wildman–Crippen MR) is 75.6 cm³/mol. The van der Waals surface area contributed by atoms with Crippen molar-refractivity contribution in [2.45, 2.75) is 13.5 Å². The smallest absolute Gasteiger partial charge is 0.311 e. The maximum absolute atomic E-state index is 11.0. The molecule has 0 saturated heterocycles. The Hall–Kier alpha value is -2.64. The number of aromatic nitrogens is 3. The number of hydrogen-bond acceptors (Lipinski definition) is 6. The molecule has 0 aliphatic heterocycles. The van der Waals surface area contributed by atoms with Gasteiger partial charge >= 0.3 is 5.69 Å². The normalized spacial score (nSPS) is 10.3. The van der Waals surface area contributed by atoms with Crippen LogP contribution in [0.1, 0.15) is 12.7 Å². The van der Waals surface area contributed by atoms with Crippen LogP contribution in [0.3, 0.4) is 0 Å². The Morgan fingerprint density at radius 3 is 2.80 bits per heavy atom. The first kappa shape index (κ1) is 13.8. The maximum atomic E-state index is 11.0. The van der Waals surface area contributed by atoms with Crippen LogP contribution in [0.2, 0.25) is 0 Å². The molecule has 2 heterocycles. The first-order chi connectivity index (χ1) is 9.61. The van der Waals surface area contributed by atoms with Crippen molar-refractivity contribution < 1.29 is 4.92 Å². The lowest BCUT2D eigenvalue weighted by atomic mass is 10.3. The summed E-state index contributed by atoms with van der Waals surface area (Å²) in [5.41, 5.74) is -0.0548. The molecule has 0 fully saturated rings. The third-order valence-electron chi connectivity index (χ3n) is 2.76. The zero-order chi connectivity index (χ0) is 14.5. The Kier molecular flexibility index (Phi) is 4.14. The third kappa shape index (κ3) is 3.02.